The van der Waals surface area contributed by atoms with Crippen molar-refractivity contribution in [2.45, 2.75) is 45.3 Å². The summed E-state index contributed by atoms with van der Waals surface area (Å²) in [5.41, 5.74) is 0.537. The van der Waals surface area contributed by atoms with Crippen molar-refractivity contribution in [3.63, 3.8) is 0 Å². The van der Waals surface area contributed by atoms with Crippen LogP contribution >= 0.6 is 0 Å². The standard InChI is InChI=1S/C13H18BNO4/c1-12(2)13(3,4)19-14(18-12)9-5-6-10(15-8-9)7-11(16)17/h5-6,8H,7H2,1-4H3,(H,16,17). The van der Waals surface area contributed by atoms with Crippen LogP contribution in [0.1, 0.15) is 33.4 Å². The van der Waals surface area contributed by atoms with Crippen LogP contribution in [0.25, 0.3) is 0 Å². The lowest BCUT2D eigenvalue weighted by molar-refractivity contribution is -0.136. The SMILES string of the molecule is CC1(C)OB(c2ccc(CC(=O)O)nc2)OC1(C)C. The average molecular weight is 263 g/mol. The average Bonchev–Trinajstić information content (AvgIpc) is 2.48. The summed E-state index contributed by atoms with van der Waals surface area (Å²) in [6.45, 7) is 7.94. The van der Waals surface area contributed by atoms with E-state index in [9.17, 15) is 4.79 Å². The molecule has 0 aromatic carbocycles. The Morgan fingerprint density at radius 3 is 2.26 bits per heavy atom. The maximum atomic E-state index is 10.6. The van der Waals surface area contributed by atoms with Gasteiger partial charge >= 0.3 is 13.1 Å². The Hall–Kier alpha value is -1.40. The molecule has 1 saturated heterocycles. The summed E-state index contributed by atoms with van der Waals surface area (Å²) in [4.78, 5) is 14.7. The Balaban J connectivity index is 2.14. The van der Waals surface area contributed by atoms with Crippen LogP contribution in [0, 0.1) is 0 Å². The molecule has 0 radical (unpaired) electrons. The van der Waals surface area contributed by atoms with Gasteiger partial charge in [0.05, 0.1) is 23.3 Å². The van der Waals surface area contributed by atoms with E-state index in [1.165, 1.54) is 0 Å². The van der Waals surface area contributed by atoms with Crippen molar-refractivity contribution in [3.8, 4) is 0 Å². The van der Waals surface area contributed by atoms with Crippen LogP contribution < -0.4 is 5.46 Å². The molecule has 0 saturated carbocycles. The van der Waals surface area contributed by atoms with Gasteiger partial charge in [0.15, 0.2) is 0 Å². The number of aromatic nitrogens is 1. The molecule has 1 aromatic rings. The molecule has 0 aliphatic carbocycles. The van der Waals surface area contributed by atoms with Gasteiger partial charge in [-0.3, -0.25) is 9.78 Å². The first-order chi connectivity index (χ1) is 8.71. The predicted molar refractivity (Wildman–Crippen MR) is 71.3 cm³/mol. The highest BCUT2D eigenvalue weighted by Crippen LogP contribution is 2.36. The van der Waals surface area contributed by atoms with Gasteiger partial charge in [-0.25, -0.2) is 0 Å². The molecule has 2 heterocycles. The second-order valence-electron chi connectivity index (χ2n) is 5.74. The van der Waals surface area contributed by atoms with E-state index < -0.39 is 24.3 Å². The summed E-state index contributed by atoms with van der Waals surface area (Å²) in [5.74, 6) is -0.893. The minimum Gasteiger partial charge on any atom is -0.481 e. The fraction of sp³-hybridized carbons (Fsp3) is 0.538. The molecule has 1 N–H and O–H groups in total. The molecule has 5 nitrogen and oxygen atoms in total. The molecule has 0 spiro atoms. The van der Waals surface area contributed by atoms with Gasteiger partial charge in [0.2, 0.25) is 0 Å². The number of hydrogen-bond donors (Lipinski definition) is 1. The Morgan fingerprint density at radius 1 is 1.26 bits per heavy atom. The Labute approximate surface area is 113 Å². The summed E-state index contributed by atoms with van der Waals surface area (Å²) < 4.78 is 11.8. The third-order valence-corrected chi connectivity index (χ3v) is 3.71. The first-order valence-corrected chi connectivity index (χ1v) is 6.23. The topological polar surface area (TPSA) is 68.7 Å². The zero-order valence-electron chi connectivity index (χ0n) is 11.6. The highest BCUT2D eigenvalue weighted by atomic mass is 16.7. The minimum absolute atomic E-state index is 0.0797. The maximum absolute atomic E-state index is 10.6. The van der Waals surface area contributed by atoms with Crippen molar-refractivity contribution in [2.75, 3.05) is 0 Å². The predicted octanol–water partition coefficient (Wildman–Crippen LogP) is 1.01. The largest absolute Gasteiger partial charge is 0.496 e. The van der Waals surface area contributed by atoms with Gasteiger partial charge < -0.3 is 14.4 Å². The van der Waals surface area contributed by atoms with Crippen molar-refractivity contribution < 1.29 is 19.2 Å². The molecule has 1 fully saturated rings. The lowest BCUT2D eigenvalue weighted by Gasteiger charge is -2.32. The van der Waals surface area contributed by atoms with Crippen molar-refractivity contribution in [3.05, 3.63) is 24.0 Å². The Kier molecular flexibility index (Phi) is 3.41. The van der Waals surface area contributed by atoms with Crippen LogP contribution in [0.3, 0.4) is 0 Å². The van der Waals surface area contributed by atoms with Gasteiger partial charge in [0.25, 0.3) is 0 Å². The van der Waals surface area contributed by atoms with Gasteiger partial charge in [-0.15, -0.1) is 0 Å². The van der Waals surface area contributed by atoms with Crippen molar-refractivity contribution >= 4 is 18.6 Å². The molecular formula is C13H18BNO4. The highest BCUT2D eigenvalue weighted by Gasteiger charge is 2.51. The molecule has 19 heavy (non-hydrogen) atoms. The van der Waals surface area contributed by atoms with E-state index in [2.05, 4.69) is 4.98 Å². The van der Waals surface area contributed by atoms with Gasteiger partial charge in [0, 0.05) is 11.7 Å². The summed E-state index contributed by atoms with van der Waals surface area (Å²) >= 11 is 0. The lowest BCUT2D eigenvalue weighted by atomic mass is 9.80. The van der Waals surface area contributed by atoms with Crippen LogP contribution in [0.2, 0.25) is 0 Å². The molecule has 0 atom stereocenters. The van der Waals surface area contributed by atoms with Gasteiger partial charge in [-0.05, 0) is 33.8 Å². The highest BCUT2D eigenvalue weighted by molar-refractivity contribution is 6.62. The number of rotatable bonds is 3. The second kappa shape index (κ2) is 4.61. The van der Waals surface area contributed by atoms with E-state index in [4.69, 9.17) is 14.4 Å². The number of hydrogen-bond acceptors (Lipinski definition) is 4. The van der Waals surface area contributed by atoms with E-state index in [0.717, 1.165) is 5.46 Å². The van der Waals surface area contributed by atoms with E-state index in [1.54, 1.807) is 18.3 Å². The van der Waals surface area contributed by atoms with Crippen molar-refractivity contribution in [2.24, 2.45) is 0 Å². The number of pyridine rings is 1. The second-order valence-corrected chi connectivity index (χ2v) is 5.74. The molecule has 2 rings (SSSR count). The Bertz CT molecular complexity index is 468. The number of carbonyl (C=O) groups is 1. The van der Waals surface area contributed by atoms with Crippen molar-refractivity contribution in [1.29, 1.82) is 0 Å². The smallest absolute Gasteiger partial charge is 0.481 e. The molecule has 0 bridgehead atoms. The minimum atomic E-state index is -0.893. The molecule has 102 valence electrons. The summed E-state index contributed by atoms with van der Waals surface area (Å²) in [5, 5.41) is 8.70. The molecule has 1 aliphatic rings. The summed E-state index contributed by atoms with van der Waals surface area (Å²) in [6, 6.07) is 3.49. The van der Waals surface area contributed by atoms with E-state index >= 15 is 0 Å². The third kappa shape index (κ3) is 2.79. The first kappa shape index (κ1) is 14.0. The van der Waals surface area contributed by atoms with Crippen LogP contribution in [0.4, 0.5) is 0 Å². The molecular weight excluding hydrogens is 245 g/mol. The molecule has 0 amide bonds. The van der Waals surface area contributed by atoms with E-state index in [1.807, 2.05) is 27.7 Å². The number of aliphatic carboxylic acids is 1. The molecule has 0 unspecified atom stereocenters. The van der Waals surface area contributed by atoms with Crippen LogP contribution in [-0.2, 0) is 20.5 Å². The first-order valence-electron chi connectivity index (χ1n) is 6.23. The third-order valence-electron chi connectivity index (χ3n) is 3.71. The van der Waals surface area contributed by atoms with Gasteiger partial charge in [-0.2, -0.15) is 0 Å². The molecule has 1 aliphatic heterocycles. The molecule has 1 aromatic heterocycles. The van der Waals surface area contributed by atoms with Crippen LogP contribution in [0.15, 0.2) is 18.3 Å². The van der Waals surface area contributed by atoms with Gasteiger partial charge in [0.1, 0.15) is 0 Å². The van der Waals surface area contributed by atoms with Crippen molar-refractivity contribution in [1.82, 2.24) is 4.98 Å². The van der Waals surface area contributed by atoms with Gasteiger partial charge in [-0.1, -0.05) is 6.07 Å². The Morgan fingerprint density at radius 2 is 1.84 bits per heavy atom. The van der Waals surface area contributed by atoms with Crippen LogP contribution in [-0.4, -0.2) is 34.4 Å². The molecule has 6 heteroatoms. The lowest BCUT2D eigenvalue weighted by Crippen LogP contribution is -2.41. The number of nitrogens with zero attached hydrogens (tertiary/aromatic N) is 1. The number of carboxylic acids is 1. The summed E-state index contributed by atoms with van der Waals surface area (Å²) in [6.07, 6.45) is 1.53. The quantitative estimate of drug-likeness (QED) is 0.824. The fourth-order valence-corrected chi connectivity index (χ4v) is 1.81. The fourth-order valence-electron chi connectivity index (χ4n) is 1.81. The van der Waals surface area contributed by atoms with Crippen LogP contribution in [0.5, 0.6) is 0 Å². The summed E-state index contributed by atoms with van der Waals surface area (Å²) in [7, 11) is -0.462. The number of carboxylic acid groups (broad SMARTS) is 1. The zero-order valence-corrected chi connectivity index (χ0v) is 11.6. The zero-order chi connectivity index (χ0) is 14.3. The maximum Gasteiger partial charge on any atom is 0.496 e. The van der Waals surface area contributed by atoms with E-state index in [0.29, 0.717) is 5.69 Å². The van der Waals surface area contributed by atoms with E-state index in [-0.39, 0.29) is 6.42 Å². The normalized spacial score (nSPS) is 20.5. The monoisotopic (exact) mass is 263 g/mol.